The molecule has 0 aliphatic heterocycles. The molecule has 0 aliphatic carbocycles. The van der Waals surface area contributed by atoms with Crippen LogP contribution < -0.4 is 5.32 Å². The lowest BCUT2D eigenvalue weighted by molar-refractivity contribution is 0.180. The highest BCUT2D eigenvalue weighted by atomic mass is 35.5. The van der Waals surface area contributed by atoms with E-state index in [0.717, 1.165) is 29.7 Å². The lowest BCUT2D eigenvalue weighted by Crippen LogP contribution is -2.38. The highest BCUT2D eigenvalue weighted by Crippen LogP contribution is 2.29. The fourth-order valence-corrected chi connectivity index (χ4v) is 2.64. The summed E-state index contributed by atoms with van der Waals surface area (Å²) in [5.74, 6) is 0. The number of aliphatic hydroxyl groups is 2. The Morgan fingerprint density at radius 3 is 2.45 bits per heavy atom. The number of amides is 2. The fourth-order valence-electron chi connectivity index (χ4n) is 2.35. The quantitative estimate of drug-likeness (QED) is 0.687. The number of nitrogens with zero attached hydrogens (tertiary/aromatic N) is 1. The maximum atomic E-state index is 12.4. The van der Waals surface area contributed by atoms with E-state index in [0.29, 0.717) is 18.0 Å². The second-order valence-electron chi connectivity index (χ2n) is 4.99. The van der Waals surface area contributed by atoms with E-state index >= 15 is 0 Å². The minimum Gasteiger partial charge on any atom is -0.396 e. The molecule has 0 aliphatic rings. The zero-order valence-electron chi connectivity index (χ0n) is 13.2. The second kappa shape index (κ2) is 9.66. The molecule has 3 N–H and O–H groups in total. The molecule has 0 saturated heterocycles. The molecule has 124 valence electrons. The Morgan fingerprint density at radius 1 is 1.18 bits per heavy atom. The van der Waals surface area contributed by atoms with E-state index in [9.17, 15) is 4.79 Å². The van der Waals surface area contributed by atoms with Gasteiger partial charge in [0, 0.05) is 24.7 Å². The first-order chi connectivity index (χ1) is 10.6. The van der Waals surface area contributed by atoms with Crippen molar-refractivity contribution in [3.63, 3.8) is 0 Å². The second-order valence-corrected chi connectivity index (χ2v) is 5.39. The maximum absolute atomic E-state index is 12.4. The summed E-state index contributed by atoms with van der Waals surface area (Å²) in [7, 11) is 0. The lowest BCUT2D eigenvalue weighted by Gasteiger charge is -2.24. The Balaban J connectivity index is 3.00. The van der Waals surface area contributed by atoms with Crippen LogP contribution in [0.3, 0.4) is 0 Å². The molecule has 2 amide bonds. The molecule has 5 nitrogen and oxygen atoms in total. The maximum Gasteiger partial charge on any atom is 0.321 e. The molecule has 0 heterocycles. The molecule has 0 saturated carbocycles. The van der Waals surface area contributed by atoms with Gasteiger partial charge in [0.15, 0.2) is 0 Å². The largest absolute Gasteiger partial charge is 0.396 e. The average Bonchev–Trinajstić information content (AvgIpc) is 2.51. The number of hydrogen-bond acceptors (Lipinski definition) is 3. The van der Waals surface area contributed by atoms with Gasteiger partial charge in [-0.3, -0.25) is 0 Å². The number of carbonyl (C=O) groups excluding carboxylic acids is 1. The van der Waals surface area contributed by atoms with Gasteiger partial charge in [0.05, 0.1) is 12.3 Å². The van der Waals surface area contributed by atoms with Crippen LogP contribution in [-0.2, 0) is 12.8 Å². The van der Waals surface area contributed by atoms with Gasteiger partial charge in [0.2, 0.25) is 0 Å². The highest BCUT2D eigenvalue weighted by molar-refractivity contribution is 6.31. The Kier molecular flexibility index (Phi) is 8.24. The zero-order valence-corrected chi connectivity index (χ0v) is 14.0. The molecule has 1 rings (SSSR count). The van der Waals surface area contributed by atoms with Crippen molar-refractivity contribution in [1.82, 2.24) is 4.90 Å². The number of hydrogen-bond donors (Lipinski definition) is 3. The summed E-state index contributed by atoms with van der Waals surface area (Å²) in [6.45, 7) is 4.54. The topological polar surface area (TPSA) is 72.8 Å². The van der Waals surface area contributed by atoms with Gasteiger partial charge in [-0.1, -0.05) is 31.5 Å². The van der Waals surface area contributed by atoms with Gasteiger partial charge < -0.3 is 20.4 Å². The van der Waals surface area contributed by atoms with E-state index in [1.807, 2.05) is 26.0 Å². The summed E-state index contributed by atoms with van der Waals surface area (Å²) in [4.78, 5) is 13.9. The van der Waals surface area contributed by atoms with Crippen LogP contribution in [0.25, 0.3) is 0 Å². The number of benzene rings is 1. The number of urea groups is 1. The summed E-state index contributed by atoms with van der Waals surface area (Å²) < 4.78 is 0. The molecule has 0 spiro atoms. The summed E-state index contributed by atoms with van der Waals surface area (Å²) in [5, 5.41) is 21.6. The van der Waals surface area contributed by atoms with Gasteiger partial charge >= 0.3 is 6.03 Å². The molecule has 0 unspecified atom stereocenters. The minimum atomic E-state index is -0.283. The zero-order chi connectivity index (χ0) is 16.5. The summed E-state index contributed by atoms with van der Waals surface area (Å²) in [6, 6.07) is 3.49. The Hall–Kier alpha value is -1.30. The van der Waals surface area contributed by atoms with Crippen LogP contribution >= 0.6 is 11.6 Å². The normalized spacial score (nSPS) is 10.6. The molecular weight excluding hydrogens is 304 g/mol. The van der Waals surface area contributed by atoms with Crippen LogP contribution in [0.2, 0.25) is 5.02 Å². The Bertz CT molecular complexity index is 495. The molecule has 0 aromatic heterocycles. The molecule has 0 bridgehead atoms. The fraction of sp³-hybridized carbons (Fsp3) is 0.562. The van der Waals surface area contributed by atoms with Crippen molar-refractivity contribution in [3.8, 4) is 0 Å². The van der Waals surface area contributed by atoms with E-state index in [2.05, 4.69) is 5.32 Å². The van der Waals surface area contributed by atoms with Crippen LogP contribution in [0.4, 0.5) is 10.5 Å². The van der Waals surface area contributed by atoms with E-state index < -0.39 is 0 Å². The monoisotopic (exact) mass is 328 g/mol. The SMILES string of the molecule is CCc1ccc(Cl)c(CC)c1NC(=O)N(CCO)CCCO. The van der Waals surface area contributed by atoms with Crippen LogP contribution in [-0.4, -0.2) is 47.4 Å². The van der Waals surface area contributed by atoms with Gasteiger partial charge in [-0.05, 0) is 36.5 Å². The Morgan fingerprint density at radius 2 is 1.91 bits per heavy atom. The van der Waals surface area contributed by atoms with Gasteiger partial charge in [0.25, 0.3) is 0 Å². The van der Waals surface area contributed by atoms with Crippen LogP contribution in [0.15, 0.2) is 12.1 Å². The van der Waals surface area contributed by atoms with Crippen molar-refractivity contribution in [1.29, 1.82) is 0 Å². The van der Waals surface area contributed by atoms with Gasteiger partial charge in [-0.15, -0.1) is 0 Å². The standard InChI is InChI=1S/C16H25ClN2O3/c1-3-12-6-7-14(17)13(4-2)15(12)18-16(22)19(9-11-21)8-5-10-20/h6-7,20-21H,3-5,8-11H2,1-2H3,(H,18,22). The van der Waals surface area contributed by atoms with Crippen LogP contribution in [0.5, 0.6) is 0 Å². The van der Waals surface area contributed by atoms with Crippen molar-refractivity contribution in [3.05, 3.63) is 28.3 Å². The molecule has 22 heavy (non-hydrogen) atoms. The van der Waals surface area contributed by atoms with Crippen molar-refractivity contribution < 1.29 is 15.0 Å². The number of carbonyl (C=O) groups is 1. The molecular formula is C16H25ClN2O3. The number of nitrogens with one attached hydrogen (secondary N) is 1. The number of halogens is 1. The Labute approximate surface area is 136 Å². The molecule has 1 aromatic rings. The summed E-state index contributed by atoms with van der Waals surface area (Å²) in [5.41, 5.74) is 2.70. The average molecular weight is 329 g/mol. The van der Waals surface area contributed by atoms with E-state index in [4.69, 9.17) is 21.8 Å². The first-order valence-corrected chi connectivity index (χ1v) is 8.04. The first kappa shape index (κ1) is 18.7. The summed E-state index contributed by atoms with van der Waals surface area (Å²) >= 11 is 6.23. The van der Waals surface area contributed by atoms with E-state index in [1.54, 1.807) is 0 Å². The predicted molar refractivity (Wildman–Crippen MR) is 89.6 cm³/mol. The minimum absolute atomic E-state index is 0.00674. The first-order valence-electron chi connectivity index (χ1n) is 7.66. The van der Waals surface area contributed by atoms with Crippen LogP contribution in [0, 0.1) is 0 Å². The molecule has 1 aromatic carbocycles. The van der Waals surface area contributed by atoms with Gasteiger partial charge in [-0.2, -0.15) is 0 Å². The summed E-state index contributed by atoms with van der Waals surface area (Å²) in [6.07, 6.45) is 1.99. The smallest absolute Gasteiger partial charge is 0.321 e. The molecule has 0 radical (unpaired) electrons. The van der Waals surface area contributed by atoms with Crippen molar-refractivity contribution in [2.45, 2.75) is 33.1 Å². The lowest BCUT2D eigenvalue weighted by atomic mass is 10.0. The van der Waals surface area contributed by atoms with Crippen LogP contribution in [0.1, 0.15) is 31.4 Å². The van der Waals surface area contributed by atoms with Crippen molar-refractivity contribution in [2.75, 3.05) is 31.6 Å². The molecule has 6 heteroatoms. The third kappa shape index (κ3) is 4.87. The number of rotatable bonds is 8. The number of aryl methyl sites for hydroxylation is 1. The van der Waals surface area contributed by atoms with E-state index in [1.165, 1.54) is 4.90 Å². The third-order valence-electron chi connectivity index (χ3n) is 3.55. The number of aliphatic hydroxyl groups excluding tert-OH is 2. The van der Waals surface area contributed by atoms with Gasteiger partial charge in [0.1, 0.15) is 0 Å². The third-order valence-corrected chi connectivity index (χ3v) is 3.91. The predicted octanol–water partition coefficient (Wildman–Crippen LogP) is 2.67. The van der Waals surface area contributed by atoms with Crippen molar-refractivity contribution >= 4 is 23.3 Å². The van der Waals surface area contributed by atoms with E-state index in [-0.39, 0.29) is 25.8 Å². The molecule has 0 atom stereocenters. The molecule has 0 fully saturated rings. The highest BCUT2D eigenvalue weighted by Gasteiger charge is 2.17. The number of anilines is 1. The van der Waals surface area contributed by atoms with Crippen molar-refractivity contribution in [2.24, 2.45) is 0 Å². The van der Waals surface area contributed by atoms with Gasteiger partial charge in [-0.25, -0.2) is 4.79 Å².